The number of nitrogens with zero attached hydrogens (tertiary/aromatic N) is 2. The van der Waals surface area contributed by atoms with Gasteiger partial charge in [-0.2, -0.15) is 5.10 Å². The first-order valence-electron chi connectivity index (χ1n) is 10.2. The second kappa shape index (κ2) is 7.28. The number of carbonyl (C=O) groups excluding carboxylic acids is 1. The van der Waals surface area contributed by atoms with Crippen LogP contribution in [0.5, 0.6) is 0 Å². The molecule has 2 aromatic carbocycles. The van der Waals surface area contributed by atoms with Gasteiger partial charge < -0.3 is 0 Å². The Morgan fingerprint density at radius 3 is 2.69 bits per heavy atom. The minimum Gasteiger partial charge on any atom is -0.267 e. The summed E-state index contributed by atoms with van der Waals surface area (Å²) >= 11 is 0. The predicted octanol–water partition coefficient (Wildman–Crippen LogP) is 5.14. The second-order valence-corrected chi connectivity index (χ2v) is 8.10. The predicted molar refractivity (Wildman–Crippen MR) is 117 cm³/mol. The van der Waals surface area contributed by atoms with Crippen molar-refractivity contribution in [2.75, 3.05) is 0 Å². The molecule has 1 saturated carbocycles. The molecule has 2 bridgehead atoms. The molecule has 1 amide bonds. The Morgan fingerprint density at radius 1 is 1.10 bits per heavy atom. The van der Waals surface area contributed by atoms with Crippen LogP contribution in [0.2, 0.25) is 0 Å². The molecule has 1 heterocycles. The van der Waals surface area contributed by atoms with Crippen molar-refractivity contribution >= 4 is 23.0 Å². The third kappa shape index (κ3) is 3.46. The van der Waals surface area contributed by atoms with E-state index in [4.69, 9.17) is 4.98 Å². The van der Waals surface area contributed by atoms with Crippen molar-refractivity contribution in [2.24, 2.45) is 22.9 Å². The summed E-state index contributed by atoms with van der Waals surface area (Å²) in [6, 6.07) is 17.8. The lowest BCUT2D eigenvalue weighted by molar-refractivity contribution is 0.0956. The molecule has 4 nitrogen and oxygen atoms in total. The van der Waals surface area contributed by atoms with Crippen LogP contribution in [-0.4, -0.2) is 17.1 Å². The lowest BCUT2D eigenvalue weighted by atomic mass is 9.95. The Kier molecular flexibility index (Phi) is 4.47. The Bertz CT molecular complexity index is 1130. The third-order valence-electron chi connectivity index (χ3n) is 6.07. The highest BCUT2D eigenvalue weighted by Gasteiger charge is 2.34. The molecule has 144 valence electrons. The van der Waals surface area contributed by atoms with Crippen LogP contribution in [0, 0.1) is 24.7 Å². The van der Waals surface area contributed by atoms with Gasteiger partial charge in [-0.15, -0.1) is 0 Å². The van der Waals surface area contributed by atoms with E-state index in [0.717, 1.165) is 28.6 Å². The zero-order valence-corrected chi connectivity index (χ0v) is 16.4. The van der Waals surface area contributed by atoms with Crippen molar-refractivity contribution in [1.82, 2.24) is 10.4 Å². The summed E-state index contributed by atoms with van der Waals surface area (Å²) in [5.41, 5.74) is 7.11. The summed E-state index contributed by atoms with van der Waals surface area (Å²) in [5.74, 6) is 1.50. The van der Waals surface area contributed by atoms with Gasteiger partial charge in [0.15, 0.2) is 0 Å². The first kappa shape index (κ1) is 17.8. The first-order chi connectivity index (χ1) is 14.2. The number of hydrazone groups is 1. The number of hydrogen-bond acceptors (Lipinski definition) is 3. The van der Waals surface area contributed by atoms with Crippen LogP contribution >= 0.6 is 0 Å². The fourth-order valence-electron chi connectivity index (χ4n) is 4.48. The van der Waals surface area contributed by atoms with Gasteiger partial charge in [0.05, 0.1) is 16.8 Å². The number of benzene rings is 2. The van der Waals surface area contributed by atoms with E-state index < -0.39 is 0 Å². The van der Waals surface area contributed by atoms with Crippen LogP contribution in [0.25, 0.3) is 22.2 Å². The Hall–Kier alpha value is -3.27. The summed E-state index contributed by atoms with van der Waals surface area (Å²) in [6.07, 6.45) is 8.87. The first-order valence-corrected chi connectivity index (χ1v) is 10.2. The number of pyridine rings is 1. The summed E-state index contributed by atoms with van der Waals surface area (Å²) in [4.78, 5) is 17.7. The van der Waals surface area contributed by atoms with Crippen LogP contribution in [0.4, 0.5) is 0 Å². The average molecular weight is 381 g/mol. The van der Waals surface area contributed by atoms with E-state index in [1.165, 1.54) is 12.0 Å². The molecule has 5 rings (SSSR count). The number of nitrogens with one attached hydrogen (secondary N) is 1. The quantitative estimate of drug-likeness (QED) is 0.387. The van der Waals surface area contributed by atoms with Crippen LogP contribution in [0.3, 0.4) is 0 Å². The largest absolute Gasteiger partial charge is 0.272 e. The molecule has 29 heavy (non-hydrogen) atoms. The fourth-order valence-corrected chi connectivity index (χ4v) is 4.48. The highest BCUT2D eigenvalue weighted by Crippen LogP contribution is 2.42. The molecule has 1 fully saturated rings. The van der Waals surface area contributed by atoms with Gasteiger partial charge in [-0.1, -0.05) is 60.2 Å². The summed E-state index contributed by atoms with van der Waals surface area (Å²) in [6.45, 7) is 2.06. The molecule has 0 unspecified atom stereocenters. The topological polar surface area (TPSA) is 54.4 Å². The zero-order chi connectivity index (χ0) is 19.8. The van der Waals surface area contributed by atoms with E-state index in [9.17, 15) is 4.79 Å². The molecule has 0 saturated heterocycles. The SMILES string of the molecule is Cc1ccc(-c2cc(C(=O)N/N=C\[C@H]3C[C@@H]4C=C[C@H]3C4)c3ccccc3n2)cc1. The van der Waals surface area contributed by atoms with Gasteiger partial charge in [0, 0.05) is 23.1 Å². The van der Waals surface area contributed by atoms with Crippen molar-refractivity contribution in [3.8, 4) is 11.3 Å². The Morgan fingerprint density at radius 2 is 1.93 bits per heavy atom. The van der Waals surface area contributed by atoms with E-state index in [1.54, 1.807) is 0 Å². The van der Waals surface area contributed by atoms with Crippen LogP contribution < -0.4 is 5.43 Å². The lowest BCUT2D eigenvalue weighted by Crippen LogP contribution is -2.20. The van der Waals surface area contributed by atoms with Crippen LogP contribution in [0.1, 0.15) is 28.8 Å². The number of aromatic nitrogens is 1. The molecule has 2 aliphatic carbocycles. The number of fused-ring (bicyclic) bond motifs is 3. The zero-order valence-electron chi connectivity index (χ0n) is 16.4. The summed E-state index contributed by atoms with van der Waals surface area (Å²) in [5, 5.41) is 5.12. The molecule has 0 aliphatic heterocycles. The smallest absolute Gasteiger partial charge is 0.267 e. The minimum absolute atomic E-state index is 0.202. The maximum Gasteiger partial charge on any atom is 0.272 e. The number of hydrogen-bond donors (Lipinski definition) is 1. The highest BCUT2D eigenvalue weighted by atomic mass is 16.2. The fraction of sp³-hybridized carbons (Fsp3) is 0.240. The number of amides is 1. The van der Waals surface area contributed by atoms with Crippen molar-refractivity contribution < 1.29 is 4.79 Å². The number of aryl methyl sites for hydroxylation is 1. The third-order valence-corrected chi connectivity index (χ3v) is 6.07. The number of carbonyl (C=O) groups is 1. The molecule has 3 atom stereocenters. The standard InChI is InChI=1S/C25H23N3O/c1-16-6-9-18(10-7-16)24-14-22(21-4-2-3-5-23(21)27-24)25(29)28-26-15-20-13-17-8-11-19(20)12-17/h2-11,14-15,17,19-20H,12-13H2,1H3,(H,28,29)/b26-15-/t17-,19+,20-/m1/s1. The van der Waals surface area contributed by atoms with Crippen molar-refractivity contribution in [1.29, 1.82) is 0 Å². The number of allylic oxidation sites excluding steroid dienone is 2. The molecule has 1 aromatic heterocycles. The molecule has 0 radical (unpaired) electrons. The van der Waals surface area contributed by atoms with Gasteiger partial charge in [-0.05, 0) is 43.7 Å². The average Bonchev–Trinajstić information content (AvgIpc) is 3.37. The van der Waals surface area contributed by atoms with Crippen molar-refractivity contribution in [3.63, 3.8) is 0 Å². The lowest BCUT2D eigenvalue weighted by Gasteiger charge is -2.12. The minimum atomic E-state index is -0.202. The van der Waals surface area contributed by atoms with Crippen LogP contribution in [0.15, 0.2) is 71.9 Å². The number of para-hydroxylation sites is 1. The Labute approximate surface area is 170 Å². The Balaban J connectivity index is 1.44. The van der Waals surface area contributed by atoms with E-state index in [0.29, 0.717) is 23.3 Å². The molecule has 3 aromatic rings. The summed E-state index contributed by atoms with van der Waals surface area (Å²) < 4.78 is 0. The second-order valence-electron chi connectivity index (χ2n) is 8.10. The van der Waals surface area contributed by atoms with Gasteiger partial charge in [-0.3, -0.25) is 4.79 Å². The van der Waals surface area contributed by atoms with Crippen molar-refractivity contribution in [3.05, 3.63) is 77.9 Å². The van der Waals surface area contributed by atoms with Gasteiger partial charge >= 0.3 is 0 Å². The molecular weight excluding hydrogens is 358 g/mol. The van der Waals surface area contributed by atoms with Crippen LogP contribution in [-0.2, 0) is 0 Å². The van der Waals surface area contributed by atoms with E-state index in [-0.39, 0.29) is 5.91 Å². The molecule has 4 heteroatoms. The van der Waals surface area contributed by atoms with Gasteiger partial charge in [0.25, 0.3) is 5.91 Å². The normalized spacial score (nSPS) is 22.6. The molecule has 0 spiro atoms. The maximum absolute atomic E-state index is 13.0. The molecule has 2 aliphatic rings. The van der Waals surface area contributed by atoms with E-state index >= 15 is 0 Å². The van der Waals surface area contributed by atoms with E-state index in [2.05, 4.69) is 41.7 Å². The number of rotatable bonds is 4. The highest BCUT2D eigenvalue weighted by molar-refractivity contribution is 6.07. The van der Waals surface area contributed by atoms with Gasteiger partial charge in [0.2, 0.25) is 0 Å². The van der Waals surface area contributed by atoms with E-state index in [1.807, 2.05) is 48.7 Å². The van der Waals surface area contributed by atoms with Gasteiger partial charge in [-0.25, -0.2) is 10.4 Å². The van der Waals surface area contributed by atoms with Crippen molar-refractivity contribution in [2.45, 2.75) is 19.8 Å². The summed E-state index contributed by atoms with van der Waals surface area (Å²) in [7, 11) is 0. The monoisotopic (exact) mass is 381 g/mol. The molecular formula is C25H23N3O. The maximum atomic E-state index is 13.0. The molecule has 1 N–H and O–H groups in total. The van der Waals surface area contributed by atoms with Gasteiger partial charge in [0.1, 0.15) is 0 Å².